The van der Waals surface area contributed by atoms with Crippen LogP contribution in [0.2, 0.25) is 0 Å². The van der Waals surface area contributed by atoms with Crippen molar-refractivity contribution in [2.45, 2.75) is 45.3 Å². The number of ether oxygens (including phenoxy) is 1. The molecule has 0 radical (unpaired) electrons. The Balaban J connectivity index is 3.83. The molecule has 13 heavy (non-hydrogen) atoms. The number of rotatable bonds is 7. The van der Waals surface area contributed by atoms with E-state index in [1.165, 1.54) is 0 Å². The van der Waals surface area contributed by atoms with Crippen LogP contribution in [0.25, 0.3) is 0 Å². The standard InChI is InChI=1S/C10H20O2S/c1-4-7-9(13-8-5-2)10(11)12-6-3/h9H,4-8H2,1-3H3. The summed E-state index contributed by atoms with van der Waals surface area (Å²) in [4.78, 5) is 11.4. The van der Waals surface area contributed by atoms with Crippen molar-refractivity contribution in [3.8, 4) is 0 Å². The summed E-state index contributed by atoms with van der Waals surface area (Å²) in [5.41, 5.74) is 0. The molecule has 0 heterocycles. The van der Waals surface area contributed by atoms with Crippen LogP contribution < -0.4 is 0 Å². The van der Waals surface area contributed by atoms with E-state index >= 15 is 0 Å². The van der Waals surface area contributed by atoms with Crippen molar-refractivity contribution in [3.05, 3.63) is 0 Å². The van der Waals surface area contributed by atoms with Gasteiger partial charge in [0.2, 0.25) is 0 Å². The maximum atomic E-state index is 11.4. The maximum Gasteiger partial charge on any atom is 0.319 e. The normalized spacial score (nSPS) is 12.5. The summed E-state index contributed by atoms with van der Waals surface area (Å²) in [5.74, 6) is 1.01. The van der Waals surface area contributed by atoms with Gasteiger partial charge in [-0.3, -0.25) is 4.79 Å². The van der Waals surface area contributed by atoms with Crippen LogP contribution in [0.5, 0.6) is 0 Å². The zero-order chi connectivity index (χ0) is 10.1. The Morgan fingerprint density at radius 3 is 2.46 bits per heavy atom. The molecule has 0 saturated heterocycles. The second-order valence-electron chi connectivity index (χ2n) is 2.90. The van der Waals surface area contributed by atoms with Crippen LogP contribution in [0, 0.1) is 0 Å². The summed E-state index contributed by atoms with van der Waals surface area (Å²) in [6, 6.07) is 0. The molecular weight excluding hydrogens is 184 g/mol. The maximum absolute atomic E-state index is 11.4. The Kier molecular flexibility index (Phi) is 8.30. The van der Waals surface area contributed by atoms with E-state index in [2.05, 4.69) is 13.8 Å². The highest BCUT2D eigenvalue weighted by atomic mass is 32.2. The monoisotopic (exact) mass is 204 g/mol. The molecule has 0 rings (SSSR count). The van der Waals surface area contributed by atoms with E-state index in [-0.39, 0.29) is 11.2 Å². The predicted molar refractivity (Wildman–Crippen MR) is 58.1 cm³/mol. The number of thioether (sulfide) groups is 1. The van der Waals surface area contributed by atoms with Crippen LogP contribution in [0.4, 0.5) is 0 Å². The summed E-state index contributed by atoms with van der Waals surface area (Å²) >= 11 is 1.72. The zero-order valence-corrected chi connectivity index (χ0v) is 9.65. The van der Waals surface area contributed by atoms with Crippen molar-refractivity contribution >= 4 is 17.7 Å². The molecule has 0 amide bonds. The minimum atomic E-state index is -0.0391. The van der Waals surface area contributed by atoms with Crippen molar-refractivity contribution in [3.63, 3.8) is 0 Å². The van der Waals surface area contributed by atoms with Gasteiger partial charge in [0.15, 0.2) is 0 Å². The fourth-order valence-electron chi connectivity index (χ4n) is 1.03. The molecule has 0 aliphatic rings. The molecule has 0 N–H and O–H groups in total. The number of esters is 1. The molecule has 0 aromatic carbocycles. The number of hydrogen-bond acceptors (Lipinski definition) is 3. The average molecular weight is 204 g/mol. The minimum absolute atomic E-state index is 0.0391. The Hall–Kier alpha value is -0.180. The van der Waals surface area contributed by atoms with Crippen LogP contribution >= 0.6 is 11.8 Å². The third kappa shape index (κ3) is 5.97. The molecule has 3 heteroatoms. The van der Waals surface area contributed by atoms with Gasteiger partial charge in [0.05, 0.1) is 6.61 Å². The molecule has 0 aliphatic heterocycles. The summed E-state index contributed by atoms with van der Waals surface area (Å²) in [7, 11) is 0. The first kappa shape index (κ1) is 12.8. The van der Waals surface area contributed by atoms with Crippen molar-refractivity contribution in [2.24, 2.45) is 0 Å². The Morgan fingerprint density at radius 1 is 1.31 bits per heavy atom. The van der Waals surface area contributed by atoms with E-state index in [0.717, 1.165) is 25.0 Å². The van der Waals surface area contributed by atoms with E-state index in [4.69, 9.17) is 4.74 Å². The third-order valence-corrected chi connectivity index (χ3v) is 3.10. The lowest BCUT2D eigenvalue weighted by Crippen LogP contribution is -2.20. The van der Waals surface area contributed by atoms with Crippen LogP contribution in [0.15, 0.2) is 0 Å². The zero-order valence-electron chi connectivity index (χ0n) is 8.84. The fraction of sp³-hybridized carbons (Fsp3) is 0.900. The van der Waals surface area contributed by atoms with Crippen LogP contribution in [-0.2, 0) is 9.53 Å². The van der Waals surface area contributed by atoms with Crippen LogP contribution in [0.1, 0.15) is 40.0 Å². The number of carbonyl (C=O) groups excluding carboxylic acids is 1. The highest BCUT2D eigenvalue weighted by Crippen LogP contribution is 2.18. The fourth-order valence-corrected chi connectivity index (χ4v) is 2.15. The van der Waals surface area contributed by atoms with Gasteiger partial charge in [-0.25, -0.2) is 0 Å². The topological polar surface area (TPSA) is 26.3 Å². The molecule has 0 fully saturated rings. The lowest BCUT2D eigenvalue weighted by atomic mass is 10.2. The first-order valence-electron chi connectivity index (χ1n) is 5.04. The van der Waals surface area contributed by atoms with Gasteiger partial charge >= 0.3 is 5.97 Å². The lowest BCUT2D eigenvalue weighted by molar-refractivity contribution is -0.142. The van der Waals surface area contributed by atoms with Crippen LogP contribution in [0.3, 0.4) is 0 Å². The quantitative estimate of drug-likeness (QED) is 0.596. The molecule has 0 spiro atoms. The SMILES string of the molecule is CCCSC(CCC)C(=O)OCC. The van der Waals surface area contributed by atoms with E-state index < -0.39 is 0 Å². The van der Waals surface area contributed by atoms with Gasteiger partial charge in [-0.1, -0.05) is 20.3 Å². The molecule has 2 nitrogen and oxygen atoms in total. The Bertz CT molecular complexity index is 137. The summed E-state index contributed by atoms with van der Waals surface area (Å²) < 4.78 is 4.99. The second kappa shape index (κ2) is 8.42. The van der Waals surface area contributed by atoms with Crippen LogP contribution in [-0.4, -0.2) is 23.6 Å². The molecule has 0 bridgehead atoms. The van der Waals surface area contributed by atoms with Gasteiger partial charge in [-0.05, 0) is 25.5 Å². The minimum Gasteiger partial charge on any atom is -0.465 e. The van der Waals surface area contributed by atoms with Gasteiger partial charge < -0.3 is 4.74 Å². The molecule has 0 aromatic rings. The molecule has 78 valence electrons. The predicted octanol–water partition coefficient (Wildman–Crippen LogP) is 2.86. The van der Waals surface area contributed by atoms with Crippen molar-refractivity contribution in [2.75, 3.05) is 12.4 Å². The molecular formula is C10H20O2S. The first-order valence-corrected chi connectivity index (χ1v) is 6.09. The second-order valence-corrected chi connectivity index (χ2v) is 4.21. The smallest absolute Gasteiger partial charge is 0.319 e. The highest BCUT2D eigenvalue weighted by molar-refractivity contribution is 8.00. The molecule has 0 aromatic heterocycles. The molecule has 1 atom stereocenters. The van der Waals surface area contributed by atoms with E-state index in [0.29, 0.717) is 6.61 Å². The highest BCUT2D eigenvalue weighted by Gasteiger charge is 2.18. The van der Waals surface area contributed by atoms with Gasteiger partial charge in [-0.15, -0.1) is 11.8 Å². The third-order valence-electron chi connectivity index (χ3n) is 1.62. The number of hydrogen-bond donors (Lipinski definition) is 0. The average Bonchev–Trinajstić information content (AvgIpc) is 2.12. The lowest BCUT2D eigenvalue weighted by Gasteiger charge is -2.13. The van der Waals surface area contributed by atoms with Crippen molar-refractivity contribution in [1.82, 2.24) is 0 Å². The van der Waals surface area contributed by atoms with Crippen molar-refractivity contribution < 1.29 is 9.53 Å². The largest absolute Gasteiger partial charge is 0.465 e. The van der Waals surface area contributed by atoms with Gasteiger partial charge in [0, 0.05) is 0 Å². The van der Waals surface area contributed by atoms with E-state index in [1.807, 2.05) is 6.92 Å². The summed E-state index contributed by atoms with van der Waals surface area (Å²) in [6.07, 6.45) is 3.09. The van der Waals surface area contributed by atoms with E-state index in [9.17, 15) is 4.79 Å². The van der Waals surface area contributed by atoms with Crippen molar-refractivity contribution in [1.29, 1.82) is 0 Å². The Labute approximate surface area is 85.4 Å². The van der Waals surface area contributed by atoms with Gasteiger partial charge in [0.1, 0.15) is 5.25 Å². The first-order chi connectivity index (χ1) is 6.26. The summed E-state index contributed by atoms with van der Waals surface area (Å²) in [6.45, 7) is 6.57. The van der Waals surface area contributed by atoms with Gasteiger partial charge in [-0.2, -0.15) is 0 Å². The Morgan fingerprint density at radius 2 is 2.00 bits per heavy atom. The molecule has 1 unspecified atom stereocenters. The number of carbonyl (C=O) groups is 1. The molecule has 0 saturated carbocycles. The van der Waals surface area contributed by atoms with Gasteiger partial charge in [0.25, 0.3) is 0 Å². The summed E-state index contributed by atoms with van der Waals surface area (Å²) in [5, 5.41) is 0.0601. The van der Waals surface area contributed by atoms with E-state index in [1.54, 1.807) is 11.8 Å². The molecule has 0 aliphatic carbocycles.